The van der Waals surface area contributed by atoms with Gasteiger partial charge in [-0.15, -0.1) is 0 Å². The molecule has 2 aromatic rings. The highest BCUT2D eigenvalue weighted by atomic mass is 19.1. The van der Waals surface area contributed by atoms with E-state index in [1.165, 1.54) is 4.57 Å². The maximum absolute atomic E-state index is 15.4. The molecule has 1 saturated heterocycles. The molecule has 40 heavy (non-hydrogen) atoms. The van der Waals surface area contributed by atoms with Crippen molar-refractivity contribution in [2.45, 2.75) is 59.9 Å². The molecule has 1 aliphatic heterocycles. The smallest absolute Gasteiger partial charge is 0.434 e. The Morgan fingerprint density at radius 2 is 1.75 bits per heavy atom. The van der Waals surface area contributed by atoms with Crippen molar-refractivity contribution in [3.05, 3.63) is 23.3 Å². The number of fused-ring (bicyclic) bond motifs is 1. The van der Waals surface area contributed by atoms with Crippen molar-refractivity contribution in [2.24, 2.45) is 5.41 Å². The Morgan fingerprint density at radius 1 is 1.10 bits per heavy atom. The first-order valence-electron chi connectivity index (χ1n) is 13.4. The number of halogens is 2. The summed E-state index contributed by atoms with van der Waals surface area (Å²) in [6.45, 7) is 15.1. The van der Waals surface area contributed by atoms with Gasteiger partial charge in [0.15, 0.2) is 18.4 Å². The van der Waals surface area contributed by atoms with Gasteiger partial charge in [0, 0.05) is 44.7 Å². The van der Waals surface area contributed by atoms with Crippen LogP contribution in [0.15, 0.2) is 6.07 Å². The number of likely N-dealkylation sites (N-methyl/N-ethyl adjacent to an activating group) is 1. The quantitative estimate of drug-likeness (QED) is 0.264. The zero-order valence-corrected chi connectivity index (χ0v) is 24.5. The lowest BCUT2D eigenvalue weighted by Crippen LogP contribution is -2.44. The van der Waals surface area contributed by atoms with Crippen LogP contribution in [0.2, 0.25) is 0 Å². The predicted octanol–water partition coefficient (Wildman–Crippen LogP) is 4.46. The van der Waals surface area contributed by atoms with Crippen molar-refractivity contribution < 1.29 is 27.8 Å². The lowest BCUT2D eigenvalue weighted by atomic mass is 9.92. The summed E-state index contributed by atoms with van der Waals surface area (Å²) in [6, 6.07) is 2.44. The highest BCUT2D eigenvalue weighted by Gasteiger charge is 2.34. The zero-order valence-electron chi connectivity index (χ0n) is 24.5. The summed E-state index contributed by atoms with van der Waals surface area (Å²) in [6.07, 6.45) is -0.294. The number of aromatic nitrogens is 2. The fourth-order valence-electron chi connectivity index (χ4n) is 4.53. The minimum absolute atomic E-state index is 0.0399. The van der Waals surface area contributed by atoms with E-state index in [4.69, 9.17) is 9.47 Å². The van der Waals surface area contributed by atoms with Crippen molar-refractivity contribution >= 4 is 29.0 Å². The van der Waals surface area contributed by atoms with Crippen LogP contribution in [0.1, 0.15) is 59.9 Å². The molecule has 1 aliphatic rings. The topological polar surface area (TPSA) is 104 Å². The summed E-state index contributed by atoms with van der Waals surface area (Å²) in [5.41, 5.74) is -2.40. The Labute approximate surface area is 234 Å². The number of piperazine rings is 1. The molecule has 0 bridgehead atoms. The number of hydrogen-bond donors (Lipinski definition) is 0. The van der Waals surface area contributed by atoms with Gasteiger partial charge in [0.05, 0.1) is 12.2 Å². The summed E-state index contributed by atoms with van der Waals surface area (Å²) in [5.74, 6) is -2.41. The zero-order chi connectivity index (χ0) is 29.8. The van der Waals surface area contributed by atoms with Gasteiger partial charge in [0.25, 0.3) is 0 Å². The molecule has 1 fully saturated rings. The number of nitriles is 1. The van der Waals surface area contributed by atoms with E-state index in [9.17, 15) is 19.2 Å². The van der Waals surface area contributed by atoms with Crippen LogP contribution in [0.3, 0.4) is 0 Å². The Kier molecular flexibility index (Phi) is 9.74. The highest BCUT2D eigenvalue weighted by molar-refractivity contribution is 5.94. The van der Waals surface area contributed by atoms with Crippen LogP contribution in [-0.4, -0.2) is 84.5 Å². The highest BCUT2D eigenvalue weighted by Crippen LogP contribution is 2.35. The van der Waals surface area contributed by atoms with Gasteiger partial charge >= 0.3 is 6.16 Å². The molecule has 0 atom stereocenters. The lowest BCUT2D eigenvalue weighted by molar-refractivity contribution is -0.121. The largest absolute Gasteiger partial charge is 0.510 e. The fraction of sp³-hybridized carbons (Fsp3) is 0.643. The first-order chi connectivity index (χ1) is 18.6. The molecule has 1 amide bonds. The summed E-state index contributed by atoms with van der Waals surface area (Å²) in [4.78, 5) is 35.8. The maximum atomic E-state index is 15.4. The molecular weight excluding hydrogens is 522 g/mol. The van der Waals surface area contributed by atoms with Crippen LogP contribution < -0.4 is 4.90 Å². The summed E-state index contributed by atoms with van der Waals surface area (Å²) in [5, 5.41) is 9.32. The molecule has 3 rings (SSSR count). The number of ether oxygens (including phenoxy) is 2. The molecule has 0 radical (unpaired) electrons. The predicted molar refractivity (Wildman–Crippen MR) is 147 cm³/mol. The molecule has 0 N–H and O–H groups in total. The molecule has 220 valence electrons. The van der Waals surface area contributed by atoms with Crippen molar-refractivity contribution in [1.82, 2.24) is 19.4 Å². The monoisotopic (exact) mass is 562 g/mol. The van der Waals surface area contributed by atoms with Crippen LogP contribution in [0, 0.1) is 28.4 Å². The van der Waals surface area contributed by atoms with Gasteiger partial charge in [-0.2, -0.15) is 5.26 Å². The third kappa shape index (κ3) is 7.67. The van der Waals surface area contributed by atoms with Gasteiger partial charge in [-0.05, 0) is 45.7 Å². The van der Waals surface area contributed by atoms with Gasteiger partial charge in [0.2, 0.25) is 11.9 Å². The normalized spacial score (nSPS) is 15.2. The molecule has 0 unspecified atom stereocenters. The summed E-state index contributed by atoms with van der Waals surface area (Å²) >= 11 is 0. The Balaban J connectivity index is 1.84. The average molecular weight is 563 g/mol. The number of hydrogen-bond acceptors (Lipinski definition) is 8. The van der Waals surface area contributed by atoms with Crippen LogP contribution in [-0.2, 0) is 19.8 Å². The minimum Gasteiger partial charge on any atom is -0.434 e. The van der Waals surface area contributed by atoms with Crippen molar-refractivity contribution in [3.63, 3.8) is 0 Å². The molecule has 1 aromatic carbocycles. The van der Waals surface area contributed by atoms with Crippen molar-refractivity contribution in [1.29, 1.82) is 5.26 Å². The van der Waals surface area contributed by atoms with E-state index in [1.54, 1.807) is 26.8 Å². The molecule has 0 spiro atoms. The van der Waals surface area contributed by atoms with Crippen molar-refractivity contribution in [3.8, 4) is 6.07 Å². The van der Waals surface area contributed by atoms with E-state index in [2.05, 4.69) is 21.8 Å². The molecule has 1 aromatic heterocycles. The number of imidazole rings is 1. The molecule has 0 aliphatic carbocycles. The molecule has 0 saturated carbocycles. The van der Waals surface area contributed by atoms with Gasteiger partial charge in [0.1, 0.15) is 17.1 Å². The summed E-state index contributed by atoms with van der Waals surface area (Å²) < 4.78 is 42.2. The standard InChI is InChI=1S/C28H40F2N6O4/c1-27(2,3)16-21(37)35(18-40-26(38)39-14-8-9-34-12-10-33(7)11-13-34)25-32-23-20(29)15-19(17-31)22(30)24(23)36(25)28(4,5)6/h15H,8-14,16,18H2,1-7H3. The molecular formula is C28H40F2N6O4. The second-order valence-electron chi connectivity index (χ2n) is 12.4. The number of carbonyl (C=O) groups is 2. The van der Waals surface area contributed by atoms with Gasteiger partial charge in [-0.1, -0.05) is 20.8 Å². The van der Waals surface area contributed by atoms with Gasteiger partial charge in [-0.25, -0.2) is 23.5 Å². The first-order valence-corrected chi connectivity index (χ1v) is 13.4. The Bertz CT molecular complexity index is 1270. The SMILES string of the molecule is CN1CCN(CCCOC(=O)OCN(C(=O)CC(C)(C)C)c2nc3c(F)cc(C#N)c(F)c3n2C(C)(C)C)CC1. The van der Waals surface area contributed by atoms with E-state index in [0.29, 0.717) is 6.42 Å². The van der Waals surface area contributed by atoms with E-state index in [-0.39, 0.29) is 30.0 Å². The average Bonchev–Trinajstić information content (AvgIpc) is 3.26. The second kappa shape index (κ2) is 12.5. The van der Waals surface area contributed by atoms with Crippen LogP contribution >= 0.6 is 0 Å². The third-order valence-electron chi connectivity index (χ3n) is 6.56. The first kappa shape index (κ1) is 31.2. The minimum atomic E-state index is -0.963. The number of rotatable bonds is 8. The van der Waals surface area contributed by atoms with Gasteiger partial charge in [-0.3, -0.25) is 4.79 Å². The van der Waals surface area contributed by atoms with E-state index in [0.717, 1.165) is 43.7 Å². The van der Waals surface area contributed by atoms with Crippen LogP contribution in [0.25, 0.3) is 11.0 Å². The lowest BCUT2D eigenvalue weighted by Gasteiger charge is -2.32. The number of nitrogens with zero attached hydrogens (tertiary/aromatic N) is 6. The van der Waals surface area contributed by atoms with E-state index in [1.807, 2.05) is 20.8 Å². The molecule has 10 nitrogen and oxygen atoms in total. The Hall–Kier alpha value is -3.30. The van der Waals surface area contributed by atoms with Crippen LogP contribution in [0.5, 0.6) is 0 Å². The molecule has 2 heterocycles. The fourth-order valence-corrected chi connectivity index (χ4v) is 4.53. The second-order valence-corrected chi connectivity index (χ2v) is 12.4. The maximum Gasteiger partial charge on any atom is 0.510 e. The van der Waals surface area contributed by atoms with Crippen LogP contribution in [0.4, 0.5) is 19.5 Å². The number of benzene rings is 1. The number of carbonyl (C=O) groups excluding carboxylic acids is 2. The van der Waals surface area contributed by atoms with Crippen molar-refractivity contribution in [2.75, 3.05) is 58.0 Å². The molecule has 12 heteroatoms. The Morgan fingerprint density at radius 3 is 2.33 bits per heavy atom. The summed E-state index contributed by atoms with van der Waals surface area (Å²) in [7, 11) is 2.08. The van der Waals surface area contributed by atoms with Gasteiger partial charge < -0.3 is 23.8 Å². The van der Waals surface area contributed by atoms with E-state index < -0.39 is 46.9 Å². The van der Waals surface area contributed by atoms with E-state index >= 15 is 4.39 Å². The number of amides is 1. The third-order valence-corrected chi connectivity index (χ3v) is 6.56. The number of anilines is 1.